The molecule has 0 saturated carbocycles. The van der Waals surface area contributed by atoms with Crippen LogP contribution in [0.15, 0.2) is 36.4 Å². The Morgan fingerprint density at radius 2 is 1.76 bits per heavy atom. The average molecular weight is 437 g/mol. The zero-order valence-electron chi connectivity index (χ0n) is 17.1. The lowest BCUT2D eigenvalue weighted by Crippen LogP contribution is -2.49. The van der Waals surface area contributed by atoms with E-state index in [1.165, 1.54) is 4.90 Å². The molecular weight excluding hydrogens is 411 g/mol. The van der Waals surface area contributed by atoms with Crippen LogP contribution < -0.4 is 10.1 Å². The summed E-state index contributed by atoms with van der Waals surface area (Å²) in [6.07, 6.45) is 0. The van der Waals surface area contributed by atoms with E-state index in [4.69, 9.17) is 27.9 Å². The van der Waals surface area contributed by atoms with Crippen molar-refractivity contribution < 1.29 is 14.3 Å². The number of hydrogen-bond acceptors (Lipinski definition) is 3. The maximum atomic E-state index is 13.0. The zero-order valence-corrected chi connectivity index (χ0v) is 18.6. The van der Waals surface area contributed by atoms with E-state index in [2.05, 4.69) is 5.32 Å². The monoisotopic (exact) mass is 436 g/mol. The van der Waals surface area contributed by atoms with E-state index in [1.807, 2.05) is 39.0 Å². The van der Waals surface area contributed by atoms with Gasteiger partial charge in [-0.2, -0.15) is 0 Å². The summed E-state index contributed by atoms with van der Waals surface area (Å²) in [7, 11) is 0. The smallest absolute Gasteiger partial charge is 0.261 e. The first-order valence-corrected chi connectivity index (χ1v) is 10.2. The van der Waals surface area contributed by atoms with E-state index in [-0.39, 0.29) is 25.0 Å². The summed E-state index contributed by atoms with van der Waals surface area (Å²) < 4.78 is 5.71. The van der Waals surface area contributed by atoms with Crippen molar-refractivity contribution in [1.82, 2.24) is 10.2 Å². The van der Waals surface area contributed by atoms with Crippen molar-refractivity contribution in [3.05, 3.63) is 63.1 Å². The molecular formula is C22H26Cl2N2O3. The van der Waals surface area contributed by atoms with Crippen molar-refractivity contribution in [3.8, 4) is 5.75 Å². The molecule has 156 valence electrons. The minimum atomic E-state index is -0.683. The van der Waals surface area contributed by atoms with Crippen LogP contribution in [0.1, 0.15) is 30.5 Å². The Morgan fingerprint density at radius 3 is 2.34 bits per heavy atom. The van der Waals surface area contributed by atoms with Crippen LogP contribution in [0.5, 0.6) is 5.75 Å². The van der Waals surface area contributed by atoms with Crippen LogP contribution in [-0.2, 0) is 16.1 Å². The quantitative estimate of drug-likeness (QED) is 0.660. The van der Waals surface area contributed by atoms with Gasteiger partial charge in [0.05, 0.1) is 0 Å². The Bertz CT molecular complexity index is 866. The number of carbonyl (C=O) groups is 2. The van der Waals surface area contributed by atoms with Crippen LogP contribution in [-0.4, -0.2) is 35.9 Å². The molecule has 0 aliphatic rings. The van der Waals surface area contributed by atoms with Gasteiger partial charge >= 0.3 is 0 Å². The molecule has 29 heavy (non-hydrogen) atoms. The number of ether oxygens (including phenoxy) is 1. The molecule has 1 N–H and O–H groups in total. The molecule has 7 heteroatoms. The van der Waals surface area contributed by atoms with Crippen molar-refractivity contribution in [2.24, 2.45) is 0 Å². The molecule has 0 bridgehead atoms. The van der Waals surface area contributed by atoms with Gasteiger partial charge in [-0.3, -0.25) is 9.59 Å². The number of amides is 2. The molecule has 0 aliphatic carbocycles. The normalized spacial score (nSPS) is 11.7. The van der Waals surface area contributed by atoms with Crippen LogP contribution in [0.3, 0.4) is 0 Å². The van der Waals surface area contributed by atoms with Gasteiger partial charge in [0.15, 0.2) is 6.61 Å². The molecule has 0 heterocycles. The Labute approximate surface area is 181 Å². The molecule has 0 unspecified atom stereocenters. The molecule has 0 spiro atoms. The largest absolute Gasteiger partial charge is 0.484 e. The predicted octanol–water partition coefficient (Wildman–Crippen LogP) is 4.54. The summed E-state index contributed by atoms with van der Waals surface area (Å²) in [5.41, 5.74) is 2.80. The highest BCUT2D eigenvalue weighted by atomic mass is 35.5. The van der Waals surface area contributed by atoms with Crippen molar-refractivity contribution in [1.29, 1.82) is 0 Å². The maximum absolute atomic E-state index is 13.0. The molecule has 2 rings (SSSR count). The fraction of sp³-hybridized carbons (Fsp3) is 0.364. The van der Waals surface area contributed by atoms with Gasteiger partial charge < -0.3 is 15.0 Å². The summed E-state index contributed by atoms with van der Waals surface area (Å²) in [4.78, 5) is 26.8. The van der Waals surface area contributed by atoms with Gasteiger partial charge in [0, 0.05) is 23.1 Å². The van der Waals surface area contributed by atoms with Gasteiger partial charge in [0.2, 0.25) is 5.91 Å². The van der Waals surface area contributed by atoms with Crippen molar-refractivity contribution in [2.45, 2.75) is 40.3 Å². The molecule has 2 amide bonds. The Kier molecular flexibility index (Phi) is 8.35. The second kappa shape index (κ2) is 10.5. The highest BCUT2D eigenvalue weighted by molar-refractivity contribution is 6.35. The van der Waals surface area contributed by atoms with Gasteiger partial charge in [-0.1, -0.05) is 35.3 Å². The van der Waals surface area contributed by atoms with E-state index in [0.29, 0.717) is 27.9 Å². The molecule has 5 nitrogen and oxygen atoms in total. The summed E-state index contributed by atoms with van der Waals surface area (Å²) in [5.74, 6) is 0.0669. The fourth-order valence-corrected chi connectivity index (χ4v) is 3.45. The van der Waals surface area contributed by atoms with Crippen LogP contribution in [0, 0.1) is 13.8 Å². The predicted molar refractivity (Wildman–Crippen MR) is 117 cm³/mol. The maximum Gasteiger partial charge on any atom is 0.261 e. The molecule has 0 fully saturated rings. The highest BCUT2D eigenvalue weighted by Crippen LogP contribution is 2.23. The van der Waals surface area contributed by atoms with Gasteiger partial charge in [-0.25, -0.2) is 0 Å². The third-order valence-electron chi connectivity index (χ3n) is 4.43. The van der Waals surface area contributed by atoms with E-state index < -0.39 is 6.04 Å². The van der Waals surface area contributed by atoms with Crippen LogP contribution in [0.4, 0.5) is 0 Å². The van der Waals surface area contributed by atoms with Gasteiger partial charge in [0.25, 0.3) is 5.91 Å². The van der Waals surface area contributed by atoms with E-state index >= 15 is 0 Å². The summed E-state index contributed by atoms with van der Waals surface area (Å²) in [5, 5.41) is 3.70. The Hall–Kier alpha value is -2.24. The van der Waals surface area contributed by atoms with Gasteiger partial charge in [-0.15, -0.1) is 0 Å². The lowest BCUT2D eigenvalue weighted by Gasteiger charge is -2.29. The molecule has 0 radical (unpaired) electrons. The molecule has 1 atom stereocenters. The standard InChI is InChI=1S/C22H26Cl2N2O3/c1-5-25-22(28)16(4)26(12-17-6-7-18(23)11-20(17)24)21(27)13-29-19-9-14(2)8-15(3)10-19/h6-11,16H,5,12-13H2,1-4H3,(H,25,28)/t16-/m1/s1. The highest BCUT2D eigenvalue weighted by Gasteiger charge is 2.26. The molecule has 0 aromatic heterocycles. The van der Waals surface area contributed by atoms with Crippen LogP contribution in [0.25, 0.3) is 0 Å². The van der Waals surface area contributed by atoms with Crippen molar-refractivity contribution in [2.75, 3.05) is 13.2 Å². The number of likely N-dealkylation sites (N-methyl/N-ethyl adjacent to an activating group) is 1. The van der Waals surface area contributed by atoms with E-state index in [1.54, 1.807) is 25.1 Å². The fourth-order valence-electron chi connectivity index (χ4n) is 2.98. The second-order valence-electron chi connectivity index (χ2n) is 6.94. The van der Waals surface area contributed by atoms with E-state index in [9.17, 15) is 9.59 Å². The number of hydrogen-bond donors (Lipinski definition) is 1. The summed E-state index contributed by atoms with van der Waals surface area (Å²) in [6.45, 7) is 7.91. The SMILES string of the molecule is CCNC(=O)[C@@H](C)N(Cc1ccc(Cl)cc1Cl)C(=O)COc1cc(C)cc(C)c1. The van der Waals surface area contributed by atoms with Crippen LogP contribution in [0.2, 0.25) is 10.0 Å². The lowest BCUT2D eigenvalue weighted by atomic mass is 10.1. The van der Waals surface area contributed by atoms with Crippen molar-refractivity contribution >= 4 is 35.0 Å². The molecule has 0 aliphatic heterocycles. The first kappa shape index (κ1) is 23.0. The third kappa shape index (κ3) is 6.65. The number of nitrogens with zero attached hydrogens (tertiary/aromatic N) is 1. The number of benzene rings is 2. The summed E-state index contributed by atoms with van der Waals surface area (Å²) in [6, 6.07) is 10.2. The summed E-state index contributed by atoms with van der Waals surface area (Å²) >= 11 is 12.2. The van der Waals surface area contributed by atoms with Gasteiger partial charge in [0.1, 0.15) is 11.8 Å². The minimum absolute atomic E-state index is 0.170. The number of nitrogens with one attached hydrogen (secondary N) is 1. The Balaban J connectivity index is 2.20. The number of aryl methyl sites for hydroxylation is 2. The third-order valence-corrected chi connectivity index (χ3v) is 5.02. The first-order valence-electron chi connectivity index (χ1n) is 9.43. The van der Waals surface area contributed by atoms with Gasteiger partial charge in [-0.05, 0) is 68.7 Å². The topological polar surface area (TPSA) is 58.6 Å². The average Bonchev–Trinajstić information content (AvgIpc) is 2.64. The van der Waals surface area contributed by atoms with Crippen LogP contribution >= 0.6 is 23.2 Å². The van der Waals surface area contributed by atoms with E-state index in [0.717, 1.165) is 11.1 Å². The number of halogens is 2. The number of carbonyl (C=O) groups excluding carboxylic acids is 2. The molecule has 2 aromatic rings. The first-order chi connectivity index (χ1) is 13.7. The number of rotatable bonds is 8. The molecule has 2 aromatic carbocycles. The molecule has 0 saturated heterocycles. The second-order valence-corrected chi connectivity index (χ2v) is 7.78. The van der Waals surface area contributed by atoms with Crippen molar-refractivity contribution in [3.63, 3.8) is 0 Å². The zero-order chi connectivity index (χ0) is 21.6. The lowest BCUT2D eigenvalue weighted by molar-refractivity contribution is -0.142. The minimum Gasteiger partial charge on any atom is -0.484 e. The Morgan fingerprint density at radius 1 is 1.10 bits per heavy atom.